The second-order valence-electron chi connectivity index (χ2n) is 8.06. The maximum Gasteiger partial charge on any atom is 0.254 e. The number of hydrogen-bond donors (Lipinski definition) is 2. The van der Waals surface area contributed by atoms with Crippen molar-refractivity contribution < 1.29 is 4.79 Å². The van der Waals surface area contributed by atoms with Crippen molar-refractivity contribution in [2.45, 2.75) is 36.6 Å². The molecule has 0 unspecified atom stereocenters. The van der Waals surface area contributed by atoms with Crippen molar-refractivity contribution in [2.75, 3.05) is 31.1 Å². The highest BCUT2D eigenvalue weighted by Crippen LogP contribution is 2.46. The normalized spacial score (nSPS) is 17.6. The summed E-state index contributed by atoms with van der Waals surface area (Å²) in [6, 6.07) is 9.99. The number of piperazine rings is 1. The molecule has 2 N–H and O–H groups in total. The Bertz CT molecular complexity index is 1050. The fourth-order valence-corrected chi connectivity index (χ4v) is 4.96. The average molecular weight is 423 g/mol. The van der Waals surface area contributed by atoms with E-state index in [0.29, 0.717) is 6.54 Å². The number of hydrogen-bond acceptors (Lipinski definition) is 6. The number of benzene rings is 1. The van der Waals surface area contributed by atoms with Gasteiger partial charge >= 0.3 is 0 Å². The fourth-order valence-electron chi connectivity index (χ4n) is 4.22. The van der Waals surface area contributed by atoms with E-state index in [1.807, 2.05) is 36.5 Å². The molecule has 5 rings (SSSR count). The van der Waals surface area contributed by atoms with Crippen LogP contribution in [0.15, 0.2) is 47.8 Å². The van der Waals surface area contributed by atoms with Crippen LogP contribution in [0.5, 0.6) is 0 Å². The van der Waals surface area contributed by atoms with Gasteiger partial charge in [-0.15, -0.1) is 0 Å². The molecule has 7 nitrogen and oxygen atoms in total. The van der Waals surface area contributed by atoms with Crippen molar-refractivity contribution in [1.82, 2.24) is 24.6 Å². The molecule has 0 atom stereocenters. The van der Waals surface area contributed by atoms with Gasteiger partial charge in [0.15, 0.2) is 0 Å². The molecule has 8 heteroatoms. The number of amides is 1. The van der Waals surface area contributed by atoms with Gasteiger partial charge in [-0.25, -0.2) is 9.97 Å². The van der Waals surface area contributed by atoms with Crippen molar-refractivity contribution in [3.63, 3.8) is 0 Å². The molecule has 156 valence electrons. The van der Waals surface area contributed by atoms with Crippen LogP contribution < -0.4 is 9.62 Å². The number of aromatic nitrogens is 3. The molecule has 1 saturated heterocycles. The highest BCUT2D eigenvalue weighted by molar-refractivity contribution is 7.97. The number of rotatable bonds is 6. The summed E-state index contributed by atoms with van der Waals surface area (Å²) in [6.07, 6.45) is 6.70. The second-order valence-corrected chi connectivity index (χ2v) is 9.02. The third-order valence-corrected chi connectivity index (χ3v) is 6.86. The highest BCUT2D eigenvalue weighted by atomic mass is 32.2. The molecule has 2 aromatic heterocycles. The summed E-state index contributed by atoms with van der Waals surface area (Å²) in [5, 5.41) is 1.04. The van der Waals surface area contributed by atoms with Gasteiger partial charge in [0.2, 0.25) is 0 Å². The molecule has 1 spiro atoms. The first-order valence-corrected chi connectivity index (χ1v) is 11.4. The van der Waals surface area contributed by atoms with Crippen LogP contribution in [0.25, 0.3) is 11.0 Å². The Morgan fingerprint density at radius 2 is 2.03 bits per heavy atom. The number of carbonyl (C=O) groups is 1. The lowest BCUT2D eigenvalue weighted by atomic mass is 10.1. The van der Waals surface area contributed by atoms with E-state index in [1.165, 1.54) is 0 Å². The lowest BCUT2D eigenvalue weighted by molar-refractivity contribution is 0.0624. The smallest absolute Gasteiger partial charge is 0.254 e. The number of aromatic amines is 1. The molecule has 3 heterocycles. The van der Waals surface area contributed by atoms with Gasteiger partial charge in [-0.2, -0.15) is 0 Å². The number of H-pyrrole nitrogens is 1. The third-order valence-electron chi connectivity index (χ3n) is 6.00. The maximum atomic E-state index is 13.3. The zero-order valence-corrected chi connectivity index (χ0v) is 17.9. The molecule has 1 aromatic carbocycles. The van der Waals surface area contributed by atoms with Crippen LogP contribution in [0.3, 0.4) is 0 Å². The number of nitrogens with one attached hydrogen (secondary N) is 2. The molecule has 1 saturated carbocycles. The predicted molar refractivity (Wildman–Crippen MR) is 120 cm³/mol. The van der Waals surface area contributed by atoms with Gasteiger partial charge < -0.3 is 14.8 Å². The molecule has 0 bridgehead atoms. The number of fused-ring (bicyclic) bond motifs is 1. The van der Waals surface area contributed by atoms with E-state index in [9.17, 15) is 4.79 Å². The number of anilines is 1. The van der Waals surface area contributed by atoms with E-state index >= 15 is 0 Å². The van der Waals surface area contributed by atoms with Crippen molar-refractivity contribution in [3.8, 4) is 0 Å². The maximum absolute atomic E-state index is 13.3. The first kappa shape index (κ1) is 19.4. The first-order chi connectivity index (χ1) is 14.7. The minimum absolute atomic E-state index is 0.0704. The topological polar surface area (TPSA) is 77.2 Å². The van der Waals surface area contributed by atoms with E-state index < -0.39 is 0 Å². The average Bonchev–Trinajstić information content (AvgIpc) is 3.35. The molecular formula is C22H26N6OS. The van der Waals surface area contributed by atoms with Crippen LogP contribution in [-0.2, 0) is 0 Å². The monoisotopic (exact) mass is 422 g/mol. The molecule has 1 amide bonds. The summed E-state index contributed by atoms with van der Waals surface area (Å²) in [6.45, 7) is 5.43. The van der Waals surface area contributed by atoms with Crippen LogP contribution >= 0.6 is 11.9 Å². The van der Waals surface area contributed by atoms with Gasteiger partial charge in [0.1, 0.15) is 17.8 Å². The van der Waals surface area contributed by atoms with Crippen LogP contribution in [0.4, 0.5) is 5.82 Å². The molecule has 3 aromatic rings. The summed E-state index contributed by atoms with van der Waals surface area (Å²) in [4.78, 5) is 30.8. The van der Waals surface area contributed by atoms with Gasteiger partial charge in [-0.3, -0.25) is 9.52 Å². The van der Waals surface area contributed by atoms with E-state index in [-0.39, 0.29) is 11.4 Å². The zero-order valence-electron chi connectivity index (χ0n) is 17.1. The van der Waals surface area contributed by atoms with Gasteiger partial charge in [0, 0.05) is 42.8 Å². The summed E-state index contributed by atoms with van der Waals surface area (Å²) in [5.41, 5.74) is 1.55. The Balaban J connectivity index is 1.30. The van der Waals surface area contributed by atoms with E-state index in [2.05, 4.69) is 36.4 Å². The Hall–Kier alpha value is -2.58. The molecule has 2 aliphatic rings. The minimum atomic E-state index is -0.0704. The summed E-state index contributed by atoms with van der Waals surface area (Å²) < 4.78 is 3.32. The lowest BCUT2D eigenvalue weighted by Crippen LogP contribution is -2.57. The standard InChI is InChI=1S/C22H26N6OS/c1-2-10-26-30-17-5-3-16(4-6-17)21(29)28-13-12-27(14-22(28)8-9-22)20-18-7-11-23-19(18)24-15-25-20/h3-7,11,15,26H,2,8-10,12-14H2,1H3,(H,23,24,25). The Morgan fingerprint density at radius 3 is 2.80 bits per heavy atom. The van der Waals surface area contributed by atoms with Crippen molar-refractivity contribution in [3.05, 3.63) is 48.4 Å². The molecule has 1 aliphatic heterocycles. The van der Waals surface area contributed by atoms with Crippen molar-refractivity contribution in [2.24, 2.45) is 0 Å². The number of nitrogens with zero attached hydrogens (tertiary/aromatic N) is 4. The molecule has 1 aliphatic carbocycles. The van der Waals surface area contributed by atoms with Crippen molar-refractivity contribution >= 4 is 34.7 Å². The van der Waals surface area contributed by atoms with E-state index in [0.717, 1.165) is 66.2 Å². The van der Waals surface area contributed by atoms with E-state index in [4.69, 9.17) is 0 Å². The third kappa shape index (κ3) is 3.54. The highest BCUT2D eigenvalue weighted by Gasteiger charge is 2.53. The molecule has 0 radical (unpaired) electrons. The SMILES string of the molecule is CCCNSc1ccc(C(=O)N2CCN(c3ncnc4[nH]ccc34)CC23CC3)cc1. The summed E-state index contributed by atoms with van der Waals surface area (Å²) in [5.74, 6) is 1.10. The summed E-state index contributed by atoms with van der Waals surface area (Å²) in [7, 11) is 0. The van der Waals surface area contributed by atoms with Crippen LogP contribution in [0.2, 0.25) is 0 Å². The van der Waals surface area contributed by atoms with Crippen molar-refractivity contribution in [1.29, 1.82) is 0 Å². The Morgan fingerprint density at radius 1 is 1.20 bits per heavy atom. The van der Waals surface area contributed by atoms with Crippen LogP contribution in [0, 0.1) is 0 Å². The second kappa shape index (κ2) is 7.92. The first-order valence-electron chi connectivity index (χ1n) is 10.5. The predicted octanol–water partition coefficient (Wildman–Crippen LogP) is 3.46. The van der Waals surface area contributed by atoms with Gasteiger partial charge in [-0.05, 0) is 61.5 Å². The van der Waals surface area contributed by atoms with E-state index in [1.54, 1.807) is 18.3 Å². The fraction of sp³-hybridized carbons (Fsp3) is 0.409. The van der Waals surface area contributed by atoms with Gasteiger partial charge in [0.05, 0.1) is 10.9 Å². The molecule has 30 heavy (non-hydrogen) atoms. The van der Waals surface area contributed by atoms with Gasteiger partial charge in [0.25, 0.3) is 5.91 Å². The quantitative estimate of drug-likeness (QED) is 0.468. The molecular weight excluding hydrogens is 396 g/mol. The van der Waals surface area contributed by atoms with Gasteiger partial charge in [-0.1, -0.05) is 6.92 Å². The van der Waals surface area contributed by atoms with Crippen LogP contribution in [0.1, 0.15) is 36.5 Å². The number of carbonyl (C=O) groups excluding carboxylic acids is 1. The Labute approximate surface area is 180 Å². The minimum Gasteiger partial charge on any atom is -0.352 e. The lowest BCUT2D eigenvalue weighted by Gasteiger charge is -2.43. The Kier molecular flexibility index (Phi) is 5.12. The zero-order chi connectivity index (χ0) is 20.6. The largest absolute Gasteiger partial charge is 0.352 e. The van der Waals surface area contributed by atoms with Crippen LogP contribution in [-0.4, -0.2) is 57.5 Å². The summed E-state index contributed by atoms with van der Waals surface area (Å²) >= 11 is 1.62. The molecule has 2 fully saturated rings.